The lowest BCUT2D eigenvalue weighted by Crippen LogP contribution is -2.66. The summed E-state index contributed by atoms with van der Waals surface area (Å²) in [7, 11) is 1.29. The standard InChI is InChI=1S/C43H42ClN3O14/c1-53-42-33(46-47-45)36(34(49)30(56-42)24-54-23-26-14-6-2-7-15-26)61-43-38(60-41(52)29-20-12-5-13-21-29)37(59-40(51)28-18-10-4-11-19-28)35(31(57-43)25-55-32(48)22-44)58-39(50)27-16-8-3-9-17-27/h2-21,30-31,33-38,42-43,49H,22-25H2,1H3/t30-,31-,33-,34+,35-,36-,37+,38-,42+,43+/m1/s1. The van der Waals surface area contributed by atoms with Crippen molar-refractivity contribution in [3.05, 3.63) is 154 Å². The maximum absolute atomic E-state index is 13.9. The molecule has 2 fully saturated rings. The van der Waals surface area contributed by atoms with Crippen molar-refractivity contribution in [2.24, 2.45) is 5.11 Å². The third-order valence-electron chi connectivity index (χ3n) is 9.61. The molecular formula is C43H42ClN3O14. The van der Waals surface area contributed by atoms with Crippen LogP contribution >= 0.6 is 11.6 Å². The number of alkyl halides is 1. The van der Waals surface area contributed by atoms with E-state index in [9.17, 15) is 29.8 Å². The van der Waals surface area contributed by atoms with Gasteiger partial charge in [-0.15, -0.1) is 11.6 Å². The first-order chi connectivity index (χ1) is 29.7. The van der Waals surface area contributed by atoms with Gasteiger partial charge in [-0.2, -0.15) is 0 Å². The Hall–Kier alpha value is -5.88. The maximum atomic E-state index is 13.9. The van der Waals surface area contributed by atoms with Crippen molar-refractivity contribution < 1.29 is 66.9 Å². The number of benzene rings is 4. The fourth-order valence-electron chi connectivity index (χ4n) is 6.63. The van der Waals surface area contributed by atoms with Gasteiger partial charge in [0, 0.05) is 12.0 Å². The van der Waals surface area contributed by atoms with E-state index < -0.39 is 97.7 Å². The van der Waals surface area contributed by atoms with Crippen LogP contribution in [0.5, 0.6) is 0 Å². The van der Waals surface area contributed by atoms with E-state index in [1.165, 1.54) is 43.5 Å². The fraction of sp³-hybridized carbons (Fsp3) is 0.349. The number of halogens is 1. The number of esters is 4. The molecule has 2 heterocycles. The highest BCUT2D eigenvalue weighted by molar-refractivity contribution is 6.26. The van der Waals surface area contributed by atoms with Crippen molar-refractivity contribution in [1.82, 2.24) is 0 Å². The lowest BCUT2D eigenvalue weighted by atomic mass is 9.95. The molecule has 0 amide bonds. The van der Waals surface area contributed by atoms with Crippen LogP contribution < -0.4 is 0 Å². The maximum Gasteiger partial charge on any atom is 0.338 e. The van der Waals surface area contributed by atoms with Gasteiger partial charge in [-0.25, -0.2) is 14.4 Å². The molecule has 61 heavy (non-hydrogen) atoms. The normalized spacial score (nSPS) is 25.9. The Morgan fingerprint density at radius 2 is 1.16 bits per heavy atom. The van der Waals surface area contributed by atoms with Gasteiger partial charge in [0.2, 0.25) is 0 Å². The van der Waals surface area contributed by atoms with Crippen LogP contribution in [-0.4, -0.2) is 117 Å². The zero-order valence-corrected chi connectivity index (χ0v) is 33.4. The van der Waals surface area contributed by atoms with E-state index in [0.717, 1.165) is 5.56 Å². The minimum absolute atomic E-state index is 0.0681. The predicted molar refractivity (Wildman–Crippen MR) is 213 cm³/mol. The van der Waals surface area contributed by atoms with Gasteiger partial charge in [0.05, 0.1) is 29.9 Å². The third-order valence-corrected chi connectivity index (χ3v) is 9.83. The first-order valence-electron chi connectivity index (χ1n) is 19.0. The molecule has 4 aromatic rings. The molecular weight excluding hydrogens is 818 g/mol. The average molecular weight is 860 g/mol. The molecule has 10 atom stereocenters. The smallest absolute Gasteiger partial charge is 0.338 e. The molecule has 0 spiro atoms. The number of carbonyl (C=O) groups excluding carboxylic acids is 4. The van der Waals surface area contributed by atoms with Crippen molar-refractivity contribution >= 4 is 35.5 Å². The van der Waals surface area contributed by atoms with Crippen molar-refractivity contribution in [1.29, 1.82) is 0 Å². The molecule has 1 N–H and O–H groups in total. The molecule has 0 aromatic heterocycles. The quantitative estimate of drug-likeness (QED) is 0.0361. The molecule has 6 rings (SSSR count). The first kappa shape index (κ1) is 44.7. The van der Waals surface area contributed by atoms with Crippen LogP contribution in [0.25, 0.3) is 10.4 Å². The van der Waals surface area contributed by atoms with Crippen molar-refractivity contribution in [3.8, 4) is 0 Å². The van der Waals surface area contributed by atoms with Gasteiger partial charge in [-0.1, -0.05) is 90.0 Å². The molecule has 0 saturated carbocycles. The summed E-state index contributed by atoms with van der Waals surface area (Å²) >= 11 is 5.75. The summed E-state index contributed by atoms with van der Waals surface area (Å²) in [5.74, 6) is -4.21. The molecule has 0 radical (unpaired) electrons. The van der Waals surface area contributed by atoms with Crippen LogP contribution in [0.2, 0.25) is 0 Å². The molecule has 17 nitrogen and oxygen atoms in total. The Bertz CT molecular complexity index is 2100. The number of carbonyl (C=O) groups is 4. The monoisotopic (exact) mass is 859 g/mol. The molecule has 0 bridgehead atoms. The van der Waals surface area contributed by atoms with Crippen LogP contribution in [0.3, 0.4) is 0 Å². The number of ether oxygens (including phenoxy) is 9. The Morgan fingerprint density at radius 1 is 0.672 bits per heavy atom. The summed E-state index contributed by atoms with van der Waals surface area (Å²) in [5, 5.41) is 15.7. The zero-order valence-electron chi connectivity index (χ0n) is 32.6. The summed E-state index contributed by atoms with van der Waals surface area (Å²) in [6.45, 7) is -0.688. The minimum Gasteiger partial charge on any atom is -0.462 e. The summed E-state index contributed by atoms with van der Waals surface area (Å²) < 4.78 is 53.7. The van der Waals surface area contributed by atoms with Gasteiger partial charge in [-0.3, -0.25) is 4.79 Å². The largest absolute Gasteiger partial charge is 0.462 e. The molecule has 0 aliphatic carbocycles. The summed E-state index contributed by atoms with van der Waals surface area (Å²) in [4.78, 5) is 56.9. The number of aliphatic hydroxyl groups excluding tert-OH is 1. The molecule has 0 unspecified atom stereocenters. The molecule has 4 aromatic carbocycles. The van der Waals surface area contributed by atoms with Gasteiger partial charge in [-0.05, 0) is 47.5 Å². The number of nitrogens with zero attached hydrogens (tertiary/aromatic N) is 3. The predicted octanol–water partition coefficient (Wildman–Crippen LogP) is 5.18. The van der Waals surface area contributed by atoms with Crippen LogP contribution in [0.4, 0.5) is 0 Å². The van der Waals surface area contributed by atoms with Crippen LogP contribution in [-0.2, 0) is 54.0 Å². The molecule has 2 saturated heterocycles. The van der Waals surface area contributed by atoms with E-state index >= 15 is 0 Å². The van der Waals surface area contributed by atoms with Gasteiger partial charge in [0.15, 0.2) is 30.9 Å². The van der Waals surface area contributed by atoms with E-state index in [-0.39, 0.29) is 29.9 Å². The van der Waals surface area contributed by atoms with Crippen molar-refractivity contribution in [2.75, 3.05) is 26.2 Å². The highest BCUT2D eigenvalue weighted by Gasteiger charge is 2.56. The highest BCUT2D eigenvalue weighted by Crippen LogP contribution is 2.35. The zero-order chi connectivity index (χ0) is 43.1. The van der Waals surface area contributed by atoms with E-state index in [1.807, 2.05) is 30.3 Å². The van der Waals surface area contributed by atoms with Crippen LogP contribution in [0.15, 0.2) is 126 Å². The summed E-state index contributed by atoms with van der Waals surface area (Å²) in [6.07, 6.45) is -14.2. The van der Waals surface area contributed by atoms with E-state index in [2.05, 4.69) is 10.0 Å². The van der Waals surface area contributed by atoms with Crippen molar-refractivity contribution in [2.45, 2.75) is 68.0 Å². The number of aliphatic hydroxyl groups is 1. The Morgan fingerprint density at radius 3 is 1.67 bits per heavy atom. The first-order valence-corrected chi connectivity index (χ1v) is 19.6. The Kier molecular flexibility index (Phi) is 16.2. The third kappa shape index (κ3) is 11.7. The Labute approximate surface area is 354 Å². The van der Waals surface area contributed by atoms with Gasteiger partial charge in [0.25, 0.3) is 0 Å². The fourth-order valence-corrected chi connectivity index (χ4v) is 6.71. The second kappa shape index (κ2) is 22.1. The molecule has 2 aliphatic rings. The number of hydrogen-bond donors (Lipinski definition) is 1. The highest BCUT2D eigenvalue weighted by atomic mass is 35.5. The minimum atomic E-state index is -1.84. The van der Waals surface area contributed by atoms with E-state index in [4.69, 9.17) is 54.2 Å². The molecule has 2 aliphatic heterocycles. The SMILES string of the molecule is CO[C@H]1O[C@H](COCc2ccccc2)[C@H](O)[C@H](O[C@@H]2O[C@H](COC(=O)CCl)[C@@H](OC(=O)c3ccccc3)[C@H](OC(=O)c3ccccc3)[C@H]2OC(=O)c2ccccc2)[C@H]1N=[N+]=[N-]. The number of rotatable bonds is 17. The van der Waals surface area contributed by atoms with Crippen LogP contribution in [0, 0.1) is 0 Å². The lowest BCUT2D eigenvalue weighted by Gasteiger charge is -2.48. The Balaban J connectivity index is 1.42. The molecule has 18 heteroatoms. The van der Waals surface area contributed by atoms with Gasteiger partial charge in [0.1, 0.15) is 42.9 Å². The number of azide groups is 1. The average Bonchev–Trinajstić information content (AvgIpc) is 3.30. The summed E-state index contributed by atoms with van der Waals surface area (Å²) in [6, 6.07) is 31.3. The topological polar surface area (TPSA) is 220 Å². The van der Waals surface area contributed by atoms with E-state index in [0.29, 0.717) is 0 Å². The van der Waals surface area contributed by atoms with E-state index in [1.54, 1.807) is 54.6 Å². The molecule has 320 valence electrons. The second-order valence-electron chi connectivity index (χ2n) is 13.6. The summed E-state index contributed by atoms with van der Waals surface area (Å²) in [5.41, 5.74) is 10.7. The number of methoxy groups -OCH3 is 1. The lowest BCUT2D eigenvalue weighted by molar-refractivity contribution is -0.340. The van der Waals surface area contributed by atoms with Crippen LogP contribution in [0.1, 0.15) is 36.6 Å². The van der Waals surface area contributed by atoms with Crippen molar-refractivity contribution in [3.63, 3.8) is 0 Å². The van der Waals surface area contributed by atoms with Gasteiger partial charge < -0.3 is 47.7 Å². The number of hydrogen-bond acceptors (Lipinski definition) is 15. The second-order valence-corrected chi connectivity index (χ2v) is 13.9. The van der Waals surface area contributed by atoms with Gasteiger partial charge >= 0.3 is 23.9 Å².